The molecule has 2 rings (SSSR count). The Kier molecular flexibility index (Phi) is 1.93. The van der Waals surface area contributed by atoms with Gasteiger partial charge >= 0.3 is 0 Å². The van der Waals surface area contributed by atoms with Gasteiger partial charge in [-0.2, -0.15) is 4.98 Å². The molecule has 0 bridgehead atoms. The highest BCUT2D eigenvalue weighted by Crippen LogP contribution is 2.20. The van der Waals surface area contributed by atoms with Crippen molar-refractivity contribution in [1.82, 2.24) is 9.97 Å². The summed E-state index contributed by atoms with van der Waals surface area (Å²) < 4.78 is 0. The summed E-state index contributed by atoms with van der Waals surface area (Å²) in [6.45, 7) is 0.190. The van der Waals surface area contributed by atoms with E-state index in [2.05, 4.69) is 20.3 Å². The van der Waals surface area contributed by atoms with Gasteiger partial charge < -0.3 is 16.2 Å². The number of nitrogen functional groups attached to an aromatic ring is 1. The molecule has 7 nitrogen and oxygen atoms in total. The molecule has 2 heterocycles. The van der Waals surface area contributed by atoms with E-state index in [1.165, 1.54) is 0 Å². The summed E-state index contributed by atoms with van der Waals surface area (Å²) in [5.41, 5.74) is 5.59. The Hall–Kier alpha value is -1.89. The van der Waals surface area contributed by atoms with E-state index in [4.69, 9.17) is 10.8 Å². The smallest absolute Gasteiger partial charge is 0.280 e. The lowest BCUT2D eigenvalue weighted by Crippen LogP contribution is -2.25. The number of aromatic nitrogens is 2. The van der Waals surface area contributed by atoms with Gasteiger partial charge in [0.25, 0.3) is 5.56 Å². The van der Waals surface area contributed by atoms with Gasteiger partial charge in [0.05, 0.1) is 18.9 Å². The predicted molar refractivity (Wildman–Crippen MR) is 51.9 cm³/mol. The number of nitrogens with two attached hydrogens (primary N) is 1. The van der Waals surface area contributed by atoms with Crippen LogP contribution >= 0.6 is 0 Å². The Morgan fingerprint density at radius 1 is 1.57 bits per heavy atom. The van der Waals surface area contributed by atoms with E-state index in [1.807, 2.05) is 0 Å². The third kappa shape index (κ3) is 1.33. The first-order valence-electron chi connectivity index (χ1n) is 4.01. The zero-order valence-electron chi connectivity index (χ0n) is 7.24. The number of hydrogen-bond acceptors (Lipinski definition) is 6. The molecule has 1 aromatic rings. The number of fused-ring (bicyclic) bond motifs is 1. The van der Waals surface area contributed by atoms with Crippen molar-refractivity contribution < 1.29 is 5.11 Å². The van der Waals surface area contributed by atoms with Crippen LogP contribution in [0.15, 0.2) is 9.79 Å². The molecule has 0 aliphatic carbocycles. The minimum Gasteiger partial charge on any atom is -0.390 e. The van der Waals surface area contributed by atoms with Crippen LogP contribution in [0.3, 0.4) is 0 Å². The Labute approximate surface area is 78.7 Å². The van der Waals surface area contributed by atoms with Gasteiger partial charge in [0.2, 0.25) is 5.95 Å². The number of aliphatic hydroxyl groups is 1. The van der Waals surface area contributed by atoms with E-state index in [-0.39, 0.29) is 18.2 Å². The summed E-state index contributed by atoms with van der Waals surface area (Å²) in [7, 11) is 0. The van der Waals surface area contributed by atoms with Crippen molar-refractivity contribution in [2.45, 2.75) is 0 Å². The highest BCUT2D eigenvalue weighted by atomic mass is 16.3. The molecular formula is C7H9N5O2. The maximum absolute atomic E-state index is 11.3. The maximum atomic E-state index is 11.3. The number of nitrogens with one attached hydrogen (secondary N) is 2. The van der Waals surface area contributed by atoms with E-state index in [0.717, 1.165) is 0 Å². The van der Waals surface area contributed by atoms with E-state index in [9.17, 15) is 4.79 Å². The van der Waals surface area contributed by atoms with Gasteiger partial charge in [-0.25, -0.2) is 4.99 Å². The monoisotopic (exact) mass is 198 g/mol. The van der Waals surface area contributed by atoms with Crippen LogP contribution in [0.25, 0.3) is 0 Å². The number of H-pyrrole nitrogens is 1. The molecule has 0 saturated carbocycles. The zero-order valence-corrected chi connectivity index (χ0v) is 7.24. The lowest BCUT2D eigenvalue weighted by Gasteiger charge is -2.14. The first-order valence-corrected chi connectivity index (χ1v) is 4.01. The summed E-state index contributed by atoms with van der Waals surface area (Å²) in [5.74, 6) is 0.396. The Morgan fingerprint density at radius 3 is 3.07 bits per heavy atom. The minimum absolute atomic E-state index is 0.0453. The van der Waals surface area contributed by atoms with Crippen molar-refractivity contribution >= 4 is 23.2 Å². The zero-order chi connectivity index (χ0) is 10.1. The normalized spacial score (nSPS) is 14.2. The third-order valence-corrected chi connectivity index (χ3v) is 1.83. The topological polar surface area (TPSA) is 116 Å². The summed E-state index contributed by atoms with van der Waals surface area (Å²) in [6, 6.07) is 0. The molecule has 0 amide bonds. The van der Waals surface area contributed by atoms with Crippen molar-refractivity contribution in [2.75, 3.05) is 24.2 Å². The average Bonchev–Trinajstić information content (AvgIpc) is 2.17. The molecule has 74 valence electrons. The number of nitrogens with zero attached hydrogens (tertiary/aromatic N) is 2. The van der Waals surface area contributed by atoms with Gasteiger partial charge in [0, 0.05) is 0 Å². The average molecular weight is 198 g/mol. The Bertz CT molecular complexity index is 450. The van der Waals surface area contributed by atoms with E-state index in [1.54, 1.807) is 0 Å². The second-order valence-electron chi connectivity index (χ2n) is 2.84. The highest BCUT2D eigenvalue weighted by Gasteiger charge is 2.15. The van der Waals surface area contributed by atoms with Gasteiger partial charge in [0.1, 0.15) is 0 Å². The standard InChI is InChI=1S/C7H9N5O2/c8-7-11-5-4(6(14)12-7)10-3(2-13)1-9-5/h13H,1-2H2,(H4,8,9,11,12,14)/i1+1,2+1,3+1. The summed E-state index contributed by atoms with van der Waals surface area (Å²) in [6.07, 6.45) is 0. The summed E-state index contributed by atoms with van der Waals surface area (Å²) in [5, 5.41) is 11.7. The molecule has 0 unspecified atom stereocenters. The van der Waals surface area contributed by atoms with Gasteiger partial charge in [-0.3, -0.25) is 9.78 Å². The number of hydrogen-bond donors (Lipinski definition) is 4. The number of aliphatic imine (C=N–C) groups is 1. The van der Waals surface area contributed by atoms with E-state index >= 15 is 0 Å². The fourth-order valence-corrected chi connectivity index (χ4v) is 1.19. The van der Waals surface area contributed by atoms with Crippen LogP contribution in [-0.2, 0) is 0 Å². The number of aromatic amines is 1. The van der Waals surface area contributed by atoms with E-state index < -0.39 is 5.56 Å². The highest BCUT2D eigenvalue weighted by molar-refractivity contribution is 5.95. The molecule has 1 aliphatic heterocycles. The van der Waals surface area contributed by atoms with Gasteiger partial charge in [-0.05, 0) is 0 Å². The second kappa shape index (κ2) is 3.11. The van der Waals surface area contributed by atoms with Crippen molar-refractivity contribution in [1.29, 1.82) is 0 Å². The SMILES string of the molecule is Nc1nc2c(c(=O)[nH]1)N=[13C]([13CH2]O)[13CH2]N2. The van der Waals surface area contributed by atoms with Gasteiger partial charge in [-0.15, -0.1) is 0 Å². The summed E-state index contributed by atoms with van der Waals surface area (Å²) >= 11 is 0. The van der Waals surface area contributed by atoms with Crippen LogP contribution in [0.2, 0.25) is 0 Å². The van der Waals surface area contributed by atoms with Crippen LogP contribution in [0.5, 0.6) is 0 Å². The van der Waals surface area contributed by atoms with Gasteiger partial charge in [0.15, 0.2) is 11.5 Å². The van der Waals surface area contributed by atoms with Crippen LogP contribution < -0.4 is 16.6 Å². The van der Waals surface area contributed by atoms with Crippen LogP contribution in [0.1, 0.15) is 0 Å². The lowest BCUT2D eigenvalue weighted by atomic mass is 10.4. The molecule has 0 saturated heterocycles. The maximum Gasteiger partial charge on any atom is 0.280 e. The Balaban J connectivity index is 2.58. The third-order valence-electron chi connectivity index (χ3n) is 1.83. The minimum atomic E-state index is -0.411. The van der Waals surface area contributed by atoms with Crippen molar-refractivity contribution in [3.05, 3.63) is 10.4 Å². The lowest BCUT2D eigenvalue weighted by molar-refractivity contribution is 0.356. The molecule has 14 heavy (non-hydrogen) atoms. The molecule has 7 heteroatoms. The quantitative estimate of drug-likeness (QED) is 0.425. The van der Waals surface area contributed by atoms with E-state index in [0.29, 0.717) is 18.1 Å². The molecule has 0 radical (unpaired) electrons. The Morgan fingerprint density at radius 2 is 2.36 bits per heavy atom. The number of anilines is 2. The fourth-order valence-electron chi connectivity index (χ4n) is 1.19. The molecule has 0 aromatic carbocycles. The first-order chi connectivity index (χ1) is 6.70. The second-order valence-corrected chi connectivity index (χ2v) is 2.84. The largest absolute Gasteiger partial charge is 0.390 e. The van der Waals surface area contributed by atoms with Gasteiger partial charge in [-0.1, -0.05) is 0 Å². The predicted octanol–water partition coefficient (Wildman–Crippen LogP) is -1.16. The number of aliphatic hydroxyl groups excluding tert-OH is 1. The number of rotatable bonds is 1. The molecule has 0 atom stereocenters. The van der Waals surface area contributed by atoms with Crippen molar-refractivity contribution in [2.24, 2.45) is 4.99 Å². The fraction of sp³-hybridized carbons (Fsp3) is 0.286. The van der Waals surface area contributed by atoms with Crippen molar-refractivity contribution in [3.63, 3.8) is 0 Å². The van der Waals surface area contributed by atoms with Crippen LogP contribution in [0.4, 0.5) is 17.5 Å². The molecule has 5 N–H and O–H groups in total. The molecule has 0 spiro atoms. The van der Waals surface area contributed by atoms with Crippen molar-refractivity contribution in [3.8, 4) is 0 Å². The molecule has 0 fully saturated rings. The molecule has 1 aliphatic rings. The summed E-state index contributed by atoms with van der Waals surface area (Å²) in [4.78, 5) is 21.5. The van der Waals surface area contributed by atoms with Crippen LogP contribution in [0, 0.1) is 0 Å². The molecule has 1 aromatic heterocycles. The molecular weight excluding hydrogens is 189 g/mol. The first kappa shape index (κ1) is 8.70. The van der Waals surface area contributed by atoms with Crippen LogP contribution in [-0.4, -0.2) is 33.9 Å².